The first kappa shape index (κ1) is 22.7. The van der Waals surface area contributed by atoms with Crippen LogP contribution in [0.5, 0.6) is 0 Å². The lowest BCUT2D eigenvalue weighted by atomic mass is 10.2. The summed E-state index contributed by atoms with van der Waals surface area (Å²) in [6, 6.07) is 20.6. The van der Waals surface area contributed by atoms with Crippen molar-refractivity contribution in [3.63, 3.8) is 0 Å². The molecule has 0 bridgehead atoms. The quantitative estimate of drug-likeness (QED) is 0.205. The molecule has 1 saturated heterocycles. The lowest BCUT2D eigenvalue weighted by Gasteiger charge is -2.21. The normalized spacial score (nSPS) is 16.4. The zero-order valence-corrected chi connectivity index (χ0v) is 20.2. The highest BCUT2D eigenvalue weighted by Crippen LogP contribution is 2.26. The molecule has 2 aromatic carbocycles. The summed E-state index contributed by atoms with van der Waals surface area (Å²) >= 11 is 1.94. The number of thioether (sulfide) groups is 1. The Balaban J connectivity index is 0.00000256. The van der Waals surface area contributed by atoms with Crippen LogP contribution in [-0.2, 0) is 6.54 Å². The van der Waals surface area contributed by atoms with Gasteiger partial charge in [-0.1, -0.05) is 36.4 Å². The van der Waals surface area contributed by atoms with E-state index in [1.807, 2.05) is 49.1 Å². The van der Waals surface area contributed by atoms with Crippen LogP contribution in [0.1, 0.15) is 12.1 Å². The molecule has 1 fully saturated rings. The van der Waals surface area contributed by atoms with Crippen molar-refractivity contribution in [2.75, 3.05) is 25.9 Å². The average Bonchev–Trinajstić information content (AvgIpc) is 3.44. The fraction of sp³-hybridized carbons (Fsp3) is 0.304. The first-order chi connectivity index (χ1) is 14.3. The average molecular weight is 534 g/mol. The second-order valence-corrected chi connectivity index (χ2v) is 8.23. The zero-order valence-electron chi connectivity index (χ0n) is 17.0. The van der Waals surface area contributed by atoms with E-state index in [1.54, 1.807) is 6.26 Å². The van der Waals surface area contributed by atoms with Gasteiger partial charge >= 0.3 is 0 Å². The van der Waals surface area contributed by atoms with Gasteiger partial charge in [0.1, 0.15) is 6.26 Å². The van der Waals surface area contributed by atoms with Gasteiger partial charge in [-0.25, -0.2) is 4.98 Å². The van der Waals surface area contributed by atoms with Gasteiger partial charge in [0.2, 0.25) is 5.89 Å². The van der Waals surface area contributed by atoms with Gasteiger partial charge in [0.05, 0.1) is 12.2 Å². The predicted molar refractivity (Wildman–Crippen MR) is 134 cm³/mol. The fourth-order valence-corrected chi connectivity index (χ4v) is 4.55. The maximum Gasteiger partial charge on any atom is 0.226 e. The molecule has 1 atom stereocenters. The number of guanidine groups is 1. The summed E-state index contributed by atoms with van der Waals surface area (Å²) in [5, 5.41) is 3.43. The van der Waals surface area contributed by atoms with Crippen LogP contribution in [0.15, 0.2) is 81.2 Å². The van der Waals surface area contributed by atoms with Crippen LogP contribution in [-0.4, -0.2) is 41.7 Å². The van der Waals surface area contributed by atoms with Gasteiger partial charge in [-0.2, -0.15) is 0 Å². The summed E-state index contributed by atoms with van der Waals surface area (Å²) in [5.74, 6) is 3.40. The highest BCUT2D eigenvalue weighted by atomic mass is 127. The molecule has 4 rings (SSSR count). The number of oxazole rings is 1. The van der Waals surface area contributed by atoms with Gasteiger partial charge in [-0.05, 0) is 36.6 Å². The fourth-order valence-electron chi connectivity index (χ4n) is 3.50. The van der Waals surface area contributed by atoms with Gasteiger partial charge in [0.15, 0.2) is 5.96 Å². The van der Waals surface area contributed by atoms with Crippen LogP contribution in [0, 0.1) is 5.92 Å². The summed E-state index contributed by atoms with van der Waals surface area (Å²) in [6.45, 7) is 2.67. The lowest BCUT2D eigenvalue weighted by molar-refractivity contribution is 0.473. The van der Waals surface area contributed by atoms with Crippen LogP contribution < -0.4 is 5.32 Å². The van der Waals surface area contributed by atoms with Crippen molar-refractivity contribution in [2.45, 2.75) is 17.9 Å². The van der Waals surface area contributed by atoms with Crippen molar-refractivity contribution in [3.05, 3.63) is 72.6 Å². The first-order valence-electron chi connectivity index (χ1n) is 9.95. The van der Waals surface area contributed by atoms with Crippen molar-refractivity contribution >= 4 is 41.7 Å². The number of hydrogen-bond donors (Lipinski definition) is 1. The molecule has 0 saturated carbocycles. The Bertz CT molecular complexity index is 933. The summed E-state index contributed by atoms with van der Waals surface area (Å²) < 4.78 is 5.63. The first-order valence-corrected chi connectivity index (χ1v) is 10.9. The van der Waals surface area contributed by atoms with E-state index in [0.717, 1.165) is 36.1 Å². The molecule has 1 aliphatic heterocycles. The van der Waals surface area contributed by atoms with Crippen molar-refractivity contribution in [1.29, 1.82) is 0 Å². The Morgan fingerprint density at radius 1 is 1.17 bits per heavy atom. The summed E-state index contributed by atoms with van der Waals surface area (Å²) in [6.07, 6.45) is 2.91. The zero-order chi connectivity index (χ0) is 19.9. The van der Waals surface area contributed by atoms with E-state index >= 15 is 0 Å². The molecule has 0 amide bonds. The lowest BCUT2D eigenvalue weighted by Crippen LogP contribution is -2.39. The Morgan fingerprint density at radius 2 is 1.90 bits per heavy atom. The molecule has 0 spiro atoms. The van der Waals surface area contributed by atoms with Gasteiger partial charge in [0.25, 0.3) is 0 Å². The van der Waals surface area contributed by atoms with Gasteiger partial charge in [0, 0.05) is 36.3 Å². The summed E-state index contributed by atoms with van der Waals surface area (Å²) in [5.41, 5.74) is 1.86. The van der Waals surface area contributed by atoms with Gasteiger partial charge < -0.3 is 14.6 Å². The van der Waals surface area contributed by atoms with Crippen LogP contribution in [0.25, 0.3) is 11.5 Å². The minimum absolute atomic E-state index is 0. The number of benzene rings is 2. The summed E-state index contributed by atoms with van der Waals surface area (Å²) in [7, 11) is 1.84. The molecule has 1 aliphatic rings. The molecule has 1 N–H and O–H groups in total. The summed E-state index contributed by atoms with van der Waals surface area (Å²) in [4.78, 5) is 12.7. The van der Waals surface area contributed by atoms with E-state index in [-0.39, 0.29) is 24.0 Å². The maximum absolute atomic E-state index is 5.63. The number of halogens is 1. The Labute approximate surface area is 199 Å². The van der Waals surface area contributed by atoms with Crippen molar-refractivity contribution in [3.8, 4) is 11.5 Å². The van der Waals surface area contributed by atoms with E-state index in [1.165, 1.54) is 11.3 Å². The second-order valence-electron chi connectivity index (χ2n) is 7.14. The van der Waals surface area contributed by atoms with Crippen molar-refractivity contribution in [2.24, 2.45) is 10.9 Å². The Kier molecular flexibility index (Phi) is 8.62. The van der Waals surface area contributed by atoms with Gasteiger partial charge in [-0.15, -0.1) is 35.7 Å². The van der Waals surface area contributed by atoms with Crippen molar-refractivity contribution < 1.29 is 4.42 Å². The van der Waals surface area contributed by atoms with E-state index in [2.05, 4.69) is 50.5 Å². The molecular formula is C23H27IN4OS. The highest BCUT2D eigenvalue weighted by molar-refractivity contribution is 14.0. The molecule has 7 heteroatoms. The third-order valence-electron chi connectivity index (χ3n) is 5.03. The largest absolute Gasteiger partial charge is 0.444 e. The molecule has 1 aromatic heterocycles. The molecule has 5 nitrogen and oxygen atoms in total. The Morgan fingerprint density at radius 3 is 2.63 bits per heavy atom. The minimum Gasteiger partial charge on any atom is -0.444 e. The molecule has 1 unspecified atom stereocenters. The maximum atomic E-state index is 5.63. The molecule has 0 radical (unpaired) electrons. The Hall–Kier alpha value is -2.00. The van der Waals surface area contributed by atoms with E-state index in [9.17, 15) is 0 Å². The third kappa shape index (κ3) is 6.01. The standard InChI is InChI=1S/C23H26N4OS.HI/c1-24-23(25-14-20-16-28-22(26-20)19-8-4-2-5-9-19)27-13-12-18(15-27)17-29-21-10-6-3-7-11-21;/h2-11,16,18H,12-15,17H2,1H3,(H,24,25);1H. The third-order valence-corrected chi connectivity index (χ3v) is 6.27. The monoisotopic (exact) mass is 534 g/mol. The van der Waals surface area contributed by atoms with Crippen molar-refractivity contribution in [1.82, 2.24) is 15.2 Å². The molecule has 3 aromatic rings. The molecular weight excluding hydrogens is 507 g/mol. The van der Waals surface area contributed by atoms with Crippen LogP contribution in [0.4, 0.5) is 0 Å². The number of aliphatic imine (C=N–C) groups is 1. The van der Waals surface area contributed by atoms with E-state index < -0.39 is 0 Å². The topological polar surface area (TPSA) is 53.7 Å². The number of aromatic nitrogens is 1. The number of nitrogens with zero attached hydrogens (tertiary/aromatic N) is 3. The molecule has 2 heterocycles. The molecule has 0 aliphatic carbocycles. The highest BCUT2D eigenvalue weighted by Gasteiger charge is 2.25. The van der Waals surface area contributed by atoms with E-state index in [4.69, 9.17) is 4.42 Å². The van der Waals surface area contributed by atoms with E-state index in [0.29, 0.717) is 18.4 Å². The van der Waals surface area contributed by atoms with Crippen LogP contribution in [0.2, 0.25) is 0 Å². The van der Waals surface area contributed by atoms with Crippen LogP contribution in [0.3, 0.4) is 0 Å². The number of hydrogen-bond acceptors (Lipinski definition) is 4. The predicted octanol–water partition coefficient (Wildman–Crippen LogP) is 5.15. The SMILES string of the molecule is CN=C(NCc1coc(-c2ccccc2)n1)N1CCC(CSc2ccccc2)C1.I. The number of nitrogens with one attached hydrogen (secondary N) is 1. The molecule has 30 heavy (non-hydrogen) atoms. The second kappa shape index (κ2) is 11.4. The number of likely N-dealkylation sites (tertiary alicyclic amines) is 1. The molecule has 158 valence electrons. The van der Waals surface area contributed by atoms with Gasteiger partial charge in [-0.3, -0.25) is 4.99 Å². The van der Waals surface area contributed by atoms with Crippen LogP contribution >= 0.6 is 35.7 Å². The smallest absolute Gasteiger partial charge is 0.226 e. The number of rotatable bonds is 6. The minimum atomic E-state index is 0.